The van der Waals surface area contributed by atoms with Crippen LogP contribution >= 0.6 is 0 Å². The zero-order valence-corrected chi connectivity index (χ0v) is 10.8. The number of ether oxygens (including phenoxy) is 1. The molecule has 0 spiro atoms. The highest BCUT2D eigenvalue weighted by atomic mass is 16.6. The van der Waals surface area contributed by atoms with E-state index in [0.29, 0.717) is 12.3 Å². The van der Waals surface area contributed by atoms with Gasteiger partial charge in [-0.2, -0.15) is 5.10 Å². The van der Waals surface area contributed by atoms with E-state index < -0.39 is 4.92 Å². The van der Waals surface area contributed by atoms with Crippen molar-refractivity contribution in [3.63, 3.8) is 0 Å². The summed E-state index contributed by atoms with van der Waals surface area (Å²) in [5.74, 6) is 0.649. The van der Waals surface area contributed by atoms with Crippen LogP contribution in [-0.4, -0.2) is 20.8 Å². The minimum Gasteiger partial charge on any atom is -0.491 e. The Kier molecular flexibility index (Phi) is 3.79. The van der Waals surface area contributed by atoms with Crippen molar-refractivity contribution in [1.29, 1.82) is 0 Å². The van der Waals surface area contributed by atoms with Crippen LogP contribution < -0.4 is 4.74 Å². The van der Waals surface area contributed by atoms with E-state index in [2.05, 4.69) is 5.10 Å². The van der Waals surface area contributed by atoms with E-state index in [1.165, 1.54) is 12.1 Å². The molecule has 0 fully saturated rings. The molecule has 0 bridgehead atoms. The molecule has 0 unspecified atom stereocenters. The number of nitrogens with zero attached hydrogens (tertiary/aromatic N) is 3. The number of hydrogen-bond acceptors (Lipinski definition) is 4. The van der Waals surface area contributed by atoms with Gasteiger partial charge in [0.1, 0.15) is 5.75 Å². The van der Waals surface area contributed by atoms with Crippen molar-refractivity contribution in [1.82, 2.24) is 9.78 Å². The van der Waals surface area contributed by atoms with Gasteiger partial charge in [0.15, 0.2) is 0 Å². The molecule has 1 aromatic heterocycles. The molecule has 0 amide bonds. The van der Waals surface area contributed by atoms with E-state index in [1.54, 1.807) is 29.2 Å². The molecule has 1 aromatic carbocycles. The summed E-state index contributed by atoms with van der Waals surface area (Å²) < 4.78 is 7.37. The van der Waals surface area contributed by atoms with Crippen LogP contribution in [0.25, 0.3) is 0 Å². The lowest BCUT2D eigenvalue weighted by molar-refractivity contribution is -0.384. The van der Waals surface area contributed by atoms with Crippen LogP contribution in [0.4, 0.5) is 5.69 Å². The molecule has 0 N–H and O–H groups in total. The Labute approximate surface area is 110 Å². The minimum absolute atomic E-state index is 0.0119. The van der Waals surface area contributed by atoms with E-state index >= 15 is 0 Å². The highest BCUT2D eigenvalue weighted by Crippen LogP contribution is 2.25. The normalized spacial score (nSPS) is 10.7. The van der Waals surface area contributed by atoms with E-state index in [0.717, 1.165) is 5.56 Å². The van der Waals surface area contributed by atoms with Crippen molar-refractivity contribution < 1.29 is 9.66 Å². The number of nitro benzene ring substituents is 1. The van der Waals surface area contributed by atoms with Crippen LogP contribution in [0.3, 0.4) is 0 Å². The van der Waals surface area contributed by atoms with Gasteiger partial charge in [0.05, 0.1) is 17.6 Å². The van der Waals surface area contributed by atoms with Gasteiger partial charge in [0, 0.05) is 30.1 Å². The van der Waals surface area contributed by atoms with E-state index in [9.17, 15) is 10.1 Å². The number of rotatable bonds is 5. The van der Waals surface area contributed by atoms with Gasteiger partial charge >= 0.3 is 0 Å². The van der Waals surface area contributed by atoms with Gasteiger partial charge in [-0.1, -0.05) is 0 Å². The molecule has 0 aliphatic rings. The predicted molar refractivity (Wildman–Crippen MR) is 70.2 cm³/mol. The van der Waals surface area contributed by atoms with Gasteiger partial charge in [0.2, 0.25) is 0 Å². The average molecular weight is 261 g/mol. The first-order valence-corrected chi connectivity index (χ1v) is 5.97. The van der Waals surface area contributed by atoms with Gasteiger partial charge in [-0.05, 0) is 26.0 Å². The lowest BCUT2D eigenvalue weighted by atomic mass is 10.1. The lowest BCUT2D eigenvalue weighted by Gasteiger charge is -2.14. The van der Waals surface area contributed by atoms with Crippen molar-refractivity contribution in [2.75, 3.05) is 0 Å². The molecule has 0 aliphatic carbocycles. The van der Waals surface area contributed by atoms with Crippen molar-refractivity contribution in [3.05, 3.63) is 52.3 Å². The number of nitro groups is 1. The Bertz CT molecular complexity index is 565. The summed E-state index contributed by atoms with van der Waals surface area (Å²) in [4.78, 5) is 10.4. The van der Waals surface area contributed by atoms with E-state index in [-0.39, 0.29) is 11.8 Å². The van der Waals surface area contributed by atoms with Crippen molar-refractivity contribution >= 4 is 5.69 Å². The Balaban J connectivity index is 2.34. The molecule has 0 atom stereocenters. The molecular formula is C13H15N3O3. The van der Waals surface area contributed by atoms with Gasteiger partial charge in [-0.3, -0.25) is 14.8 Å². The maximum absolute atomic E-state index is 10.8. The van der Waals surface area contributed by atoms with Crippen LogP contribution in [-0.2, 0) is 6.54 Å². The van der Waals surface area contributed by atoms with Gasteiger partial charge in [-0.25, -0.2) is 0 Å². The first kappa shape index (κ1) is 13.1. The lowest BCUT2D eigenvalue weighted by Crippen LogP contribution is -2.10. The van der Waals surface area contributed by atoms with Crippen LogP contribution in [0.5, 0.6) is 5.75 Å². The summed E-state index contributed by atoms with van der Waals surface area (Å²) in [5.41, 5.74) is 0.796. The molecule has 2 aromatic rings. The highest BCUT2D eigenvalue weighted by molar-refractivity contribution is 5.44. The molecule has 100 valence electrons. The summed E-state index contributed by atoms with van der Waals surface area (Å²) in [6.07, 6.45) is 3.48. The summed E-state index contributed by atoms with van der Waals surface area (Å²) in [5, 5.41) is 14.9. The molecule has 6 nitrogen and oxygen atoms in total. The van der Waals surface area contributed by atoms with Crippen molar-refractivity contribution in [2.24, 2.45) is 0 Å². The third-order valence-electron chi connectivity index (χ3n) is 2.51. The summed E-state index contributed by atoms with van der Waals surface area (Å²) in [7, 11) is 0. The minimum atomic E-state index is -0.411. The Morgan fingerprint density at radius 3 is 2.84 bits per heavy atom. The monoisotopic (exact) mass is 261 g/mol. The fraction of sp³-hybridized carbons (Fsp3) is 0.308. The van der Waals surface area contributed by atoms with Crippen molar-refractivity contribution in [3.8, 4) is 5.75 Å². The molecule has 0 aliphatic heterocycles. The molecule has 1 heterocycles. The fourth-order valence-electron chi connectivity index (χ4n) is 1.74. The van der Waals surface area contributed by atoms with Gasteiger partial charge in [-0.15, -0.1) is 0 Å². The number of non-ortho nitro benzene ring substituents is 1. The molecule has 0 saturated carbocycles. The van der Waals surface area contributed by atoms with Gasteiger partial charge in [0.25, 0.3) is 5.69 Å². The maximum Gasteiger partial charge on any atom is 0.270 e. The summed E-state index contributed by atoms with van der Waals surface area (Å²) in [6.45, 7) is 4.27. The van der Waals surface area contributed by atoms with Crippen LogP contribution in [0.1, 0.15) is 19.4 Å². The molecular weight excluding hydrogens is 246 g/mol. The Morgan fingerprint density at radius 2 is 2.26 bits per heavy atom. The number of benzene rings is 1. The standard InChI is InChI=1S/C13H15N3O3/c1-10(2)19-13-5-4-12(16(17)18)8-11(13)9-15-7-3-6-14-15/h3-8,10H,9H2,1-2H3. The largest absolute Gasteiger partial charge is 0.491 e. The SMILES string of the molecule is CC(C)Oc1ccc([N+](=O)[O-])cc1Cn1cccn1. The topological polar surface area (TPSA) is 70.2 Å². The third kappa shape index (κ3) is 3.31. The second-order valence-corrected chi connectivity index (χ2v) is 4.42. The third-order valence-corrected chi connectivity index (χ3v) is 2.51. The van der Waals surface area contributed by atoms with E-state index in [1.807, 2.05) is 13.8 Å². The number of aromatic nitrogens is 2. The Morgan fingerprint density at radius 1 is 1.47 bits per heavy atom. The van der Waals surface area contributed by atoms with Crippen molar-refractivity contribution in [2.45, 2.75) is 26.5 Å². The quantitative estimate of drug-likeness (QED) is 0.612. The van der Waals surface area contributed by atoms with E-state index in [4.69, 9.17) is 4.74 Å². The van der Waals surface area contributed by atoms with Crippen LogP contribution in [0.2, 0.25) is 0 Å². The zero-order chi connectivity index (χ0) is 13.8. The predicted octanol–water partition coefficient (Wildman–Crippen LogP) is 2.63. The zero-order valence-electron chi connectivity index (χ0n) is 10.8. The smallest absolute Gasteiger partial charge is 0.270 e. The second-order valence-electron chi connectivity index (χ2n) is 4.42. The maximum atomic E-state index is 10.8. The molecule has 6 heteroatoms. The van der Waals surface area contributed by atoms with Crippen LogP contribution in [0.15, 0.2) is 36.7 Å². The number of hydrogen-bond donors (Lipinski definition) is 0. The second kappa shape index (κ2) is 5.51. The first-order chi connectivity index (χ1) is 9.06. The van der Waals surface area contributed by atoms with Crippen LogP contribution in [0, 0.1) is 10.1 Å². The molecule has 19 heavy (non-hydrogen) atoms. The molecule has 0 radical (unpaired) electrons. The molecule has 0 saturated heterocycles. The molecule has 2 rings (SSSR count). The first-order valence-electron chi connectivity index (χ1n) is 5.97. The highest BCUT2D eigenvalue weighted by Gasteiger charge is 2.13. The summed E-state index contributed by atoms with van der Waals surface area (Å²) in [6, 6.07) is 6.42. The summed E-state index contributed by atoms with van der Waals surface area (Å²) >= 11 is 0. The Hall–Kier alpha value is -2.37. The van der Waals surface area contributed by atoms with Gasteiger partial charge < -0.3 is 4.74 Å². The average Bonchev–Trinajstić information content (AvgIpc) is 2.83. The fourth-order valence-corrected chi connectivity index (χ4v) is 1.74.